The molecule has 0 aliphatic rings. The number of nitrogens with zero attached hydrogens (tertiary/aromatic N) is 4. The average Bonchev–Trinajstić information content (AvgIpc) is 3.15. The molecule has 2 heterocycles. The molecule has 3 aromatic rings. The maximum absolute atomic E-state index is 9.18. The second-order valence-corrected chi connectivity index (χ2v) is 15.5. The second-order valence-electron chi connectivity index (χ2n) is 9.92. The minimum atomic E-state index is -1.82. The van der Waals surface area contributed by atoms with Gasteiger partial charge in [0.2, 0.25) is 8.32 Å². The van der Waals surface area contributed by atoms with E-state index < -0.39 is 8.32 Å². The molecule has 0 aliphatic carbocycles. The fourth-order valence-corrected chi connectivity index (χ4v) is 4.64. The molecule has 0 atom stereocenters. The summed E-state index contributed by atoms with van der Waals surface area (Å²) in [6, 6.07) is 12.4. The lowest BCUT2D eigenvalue weighted by molar-refractivity contribution is 0.492. The van der Waals surface area contributed by atoms with E-state index >= 15 is 0 Å². The summed E-state index contributed by atoms with van der Waals surface area (Å²) in [5.74, 6) is 0.912. The maximum Gasteiger partial charge on any atom is 0.250 e. The third-order valence-electron chi connectivity index (χ3n) is 6.33. The SMILES string of the molecule is Cc1c(Br)cn(C)c1C#N.Cc1c(Nc2ccc(O[Si](C)(C)C(C)(C)C)cc2)cn(C)c1C#N. The van der Waals surface area contributed by atoms with Crippen LogP contribution in [0.4, 0.5) is 11.4 Å². The largest absolute Gasteiger partial charge is 0.544 e. The van der Waals surface area contributed by atoms with Crippen LogP contribution in [0.3, 0.4) is 0 Å². The van der Waals surface area contributed by atoms with E-state index in [2.05, 4.69) is 67.3 Å². The van der Waals surface area contributed by atoms with Crippen LogP contribution in [0.15, 0.2) is 41.1 Å². The number of nitrogens with one attached hydrogen (secondary N) is 1. The van der Waals surface area contributed by atoms with Crippen LogP contribution >= 0.6 is 15.9 Å². The number of hydrogen-bond acceptors (Lipinski definition) is 4. The zero-order chi connectivity index (χ0) is 25.8. The molecule has 180 valence electrons. The van der Waals surface area contributed by atoms with Crippen molar-refractivity contribution in [2.75, 3.05) is 5.32 Å². The van der Waals surface area contributed by atoms with Crippen LogP contribution in [0, 0.1) is 36.5 Å². The zero-order valence-electron chi connectivity index (χ0n) is 21.5. The van der Waals surface area contributed by atoms with E-state index in [0.29, 0.717) is 11.4 Å². The van der Waals surface area contributed by atoms with Crippen LogP contribution < -0.4 is 9.74 Å². The van der Waals surface area contributed by atoms with Crippen molar-refractivity contribution in [1.29, 1.82) is 10.5 Å². The summed E-state index contributed by atoms with van der Waals surface area (Å²) in [4.78, 5) is 0. The zero-order valence-corrected chi connectivity index (χ0v) is 24.1. The Labute approximate surface area is 213 Å². The number of halogens is 1. The molecular formula is C26H34BrN5OSi. The van der Waals surface area contributed by atoms with Crippen molar-refractivity contribution < 1.29 is 4.43 Å². The van der Waals surface area contributed by atoms with Crippen molar-refractivity contribution in [3.63, 3.8) is 0 Å². The molecule has 0 bridgehead atoms. The molecule has 0 unspecified atom stereocenters. The molecule has 3 rings (SSSR count). The highest BCUT2D eigenvalue weighted by molar-refractivity contribution is 9.10. The Balaban J connectivity index is 0.000000340. The smallest absolute Gasteiger partial charge is 0.250 e. The third kappa shape index (κ3) is 6.14. The quantitative estimate of drug-likeness (QED) is 0.352. The van der Waals surface area contributed by atoms with E-state index in [9.17, 15) is 5.26 Å². The fourth-order valence-electron chi connectivity index (χ4n) is 3.12. The topological polar surface area (TPSA) is 78.7 Å². The second kappa shape index (κ2) is 10.5. The Bertz CT molecular complexity index is 1230. The van der Waals surface area contributed by atoms with Crippen LogP contribution in [0.2, 0.25) is 18.1 Å². The van der Waals surface area contributed by atoms with Crippen molar-refractivity contribution >= 4 is 35.6 Å². The lowest BCUT2D eigenvalue weighted by Gasteiger charge is -2.36. The first-order chi connectivity index (χ1) is 15.7. The summed E-state index contributed by atoms with van der Waals surface area (Å²) in [6.45, 7) is 15.1. The van der Waals surface area contributed by atoms with Gasteiger partial charge in [-0.3, -0.25) is 0 Å². The van der Waals surface area contributed by atoms with Crippen molar-refractivity contribution in [3.8, 4) is 17.9 Å². The Morgan fingerprint density at radius 1 is 0.912 bits per heavy atom. The van der Waals surface area contributed by atoms with E-state index in [1.807, 2.05) is 69.2 Å². The Kier molecular flexibility index (Phi) is 8.47. The third-order valence-corrected chi connectivity index (χ3v) is 11.5. The number of benzene rings is 1. The van der Waals surface area contributed by atoms with Gasteiger partial charge in [0.25, 0.3) is 0 Å². The lowest BCUT2D eigenvalue weighted by Crippen LogP contribution is -2.43. The summed E-state index contributed by atoms with van der Waals surface area (Å²) >= 11 is 3.34. The predicted molar refractivity (Wildman–Crippen MR) is 145 cm³/mol. The van der Waals surface area contributed by atoms with Gasteiger partial charge in [0, 0.05) is 42.2 Å². The molecule has 1 aromatic carbocycles. The monoisotopic (exact) mass is 539 g/mol. The normalized spacial score (nSPS) is 11.2. The first kappa shape index (κ1) is 27.3. The van der Waals surface area contributed by atoms with Crippen molar-refractivity contribution in [3.05, 3.63) is 63.6 Å². The molecule has 0 saturated carbocycles. The van der Waals surface area contributed by atoms with Crippen molar-refractivity contribution in [1.82, 2.24) is 9.13 Å². The van der Waals surface area contributed by atoms with E-state index in [1.165, 1.54) is 0 Å². The van der Waals surface area contributed by atoms with Crippen LogP contribution in [-0.4, -0.2) is 17.5 Å². The van der Waals surface area contributed by atoms with E-state index in [4.69, 9.17) is 9.69 Å². The first-order valence-corrected chi connectivity index (χ1v) is 14.8. The highest BCUT2D eigenvalue weighted by Gasteiger charge is 2.38. The summed E-state index contributed by atoms with van der Waals surface area (Å²) < 4.78 is 10.9. The molecule has 34 heavy (non-hydrogen) atoms. The van der Waals surface area contributed by atoms with Crippen molar-refractivity contribution in [2.24, 2.45) is 14.1 Å². The molecule has 0 spiro atoms. The number of hydrogen-bond donors (Lipinski definition) is 1. The Morgan fingerprint density at radius 2 is 1.41 bits per heavy atom. The summed E-state index contributed by atoms with van der Waals surface area (Å²) in [5.41, 5.74) is 5.29. The molecule has 0 aliphatic heterocycles. The van der Waals surface area contributed by atoms with Gasteiger partial charge in [-0.15, -0.1) is 0 Å². The van der Waals surface area contributed by atoms with E-state index in [1.54, 1.807) is 4.57 Å². The molecule has 0 fully saturated rings. The summed E-state index contributed by atoms with van der Waals surface area (Å²) in [5, 5.41) is 21.3. The van der Waals surface area contributed by atoms with Crippen molar-refractivity contribution in [2.45, 2.75) is 52.8 Å². The molecule has 0 radical (unpaired) electrons. The average molecular weight is 541 g/mol. The number of aromatic nitrogens is 2. The number of aryl methyl sites for hydroxylation is 2. The molecule has 1 N–H and O–H groups in total. The van der Waals surface area contributed by atoms with Gasteiger partial charge in [0.05, 0.1) is 5.69 Å². The van der Waals surface area contributed by atoms with Crippen LogP contribution in [0.1, 0.15) is 43.3 Å². The van der Waals surface area contributed by atoms with E-state index in [0.717, 1.165) is 32.7 Å². The van der Waals surface area contributed by atoms with Crippen LogP contribution in [0.5, 0.6) is 5.75 Å². The number of rotatable bonds is 4. The highest BCUT2D eigenvalue weighted by atomic mass is 79.9. The lowest BCUT2D eigenvalue weighted by atomic mass is 10.2. The molecule has 8 heteroatoms. The Morgan fingerprint density at radius 3 is 1.79 bits per heavy atom. The van der Waals surface area contributed by atoms with Gasteiger partial charge < -0.3 is 18.9 Å². The van der Waals surface area contributed by atoms with E-state index in [-0.39, 0.29) is 5.04 Å². The van der Waals surface area contributed by atoms with Gasteiger partial charge in [-0.25, -0.2) is 0 Å². The number of nitriles is 2. The van der Waals surface area contributed by atoms with Gasteiger partial charge in [0.1, 0.15) is 29.3 Å². The molecule has 0 saturated heterocycles. The molecule has 0 amide bonds. The van der Waals surface area contributed by atoms with Gasteiger partial charge >= 0.3 is 0 Å². The molecular weight excluding hydrogens is 506 g/mol. The fraction of sp³-hybridized carbons (Fsp3) is 0.385. The minimum absolute atomic E-state index is 0.179. The highest BCUT2D eigenvalue weighted by Crippen LogP contribution is 2.37. The van der Waals surface area contributed by atoms with Gasteiger partial charge in [-0.05, 0) is 77.7 Å². The van der Waals surface area contributed by atoms with Gasteiger partial charge in [0.15, 0.2) is 0 Å². The predicted octanol–water partition coefficient (Wildman–Crippen LogP) is 7.30. The first-order valence-electron chi connectivity index (χ1n) is 11.1. The number of anilines is 2. The standard InChI is InChI=1S/C19H27N3OSi.C7H7BrN2/c1-14-17(13-22(5)18(14)12-20)21-15-8-10-16(11-9-15)23-24(6,7)19(2,3)4;1-5-6(8)4-10(2)7(5)3-9/h8-11,13,21H,1-7H3;4H,1-2H3. The van der Waals surface area contributed by atoms with Crippen LogP contribution in [-0.2, 0) is 14.1 Å². The minimum Gasteiger partial charge on any atom is -0.544 e. The summed E-state index contributed by atoms with van der Waals surface area (Å²) in [6.07, 6.45) is 3.82. The maximum atomic E-state index is 9.18. The molecule has 2 aromatic heterocycles. The van der Waals surface area contributed by atoms with Gasteiger partial charge in [-0.1, -0.05) is 20.8 Å². The summed E-state index contributed by atoms with van der Waals surface area (Å²) in [7, 11) is 1.92. The Hall–Kier alpha value is -2.94. The van der Waals surface area contributed by atoms with Gasteiger partial charge in [-0.2, -0.15) is 10.5 Å². The van der Waals surface area contributed by atoms with Crippen LogP contribution in [0.25, 0.3) is 0 Å². The molecule has 6 nitrogen and oxygen atoms in total.